The fourth-order valence-electron chi connectivity index (χ4n) is 3.05. The predicted molar refractivity (Wildman–Crippen MR) is 98.2 cm³/mol. The highest BCUT2D eigenvalue weighted by atomic mass is 16.3. The van der Waals surface area contributed by atoms with Crippen molar-refractivity contribution in [3.63, 3.8) is 0 Å². The van der Waals surface area contributed by atoms with Gasteiger partial charge in [-0.05, 0) is 42.0 Å². The molecule has 27 heavy (non-hydrogen) atoms. The summed E-state index contributed by atoms with van der Waals surface area (Å²) in [6.07, 6.45) is 3.54. The first-order valence-corrected chi connectivity index (χ1v) is 8.48. The van der Waals surface area contributed by atoms with Crippen molar-refractivity contribution in [1.82, 2.24) is 5.01 Å². The Bertz CT molecular complexity index is 973. The van der Waals surface area contributed by atoms with Crippen LogP contribution in [-0.2, 0) is 4.79 Å². The Hall–Kier alpha value is -3.61. The second-order valence-corrected chi connectivity index (χ2v) is 6.17. The van der Waals surface area contributed by atoms with Crippen LogP contribution in [0.15, 0.2) is 75.0 Å². The van der Waals surface area contributed by atoms with E-state index >= 15 is 0 Å². The molecule has 2 amide bonds. The van der Waals surface area contributed by atoms with Crippen molar-refractivity contribution in [2.75, 3.05) is 5.32 Å². The van der Waals surface area contributed by atoms with Gasteiger partial charge >= 0.3 is 5.91 Å². The van der Waals surface area contributed by atoms with Crippen molar-refractivity contribution >= 4 is 23.2 Å². The fourth-order valence-corrected chi connectivity index (χ4v) is 3.05. The minimum atomic E-state index is -0.322. The second-order valence-electron chi connectivity index (χ2n) is 6.17. The molecule has 0 aliphatic carbocycles. The van der Waals surface area contributed by atoms with Gasteiger partial charge in [0.15, 0.2) is 5.76 Å². The van der Waals surface area contributed by atoms with E-state index in [1.54, 1.807) is 36.6 Å². The van der Waals surface area contributed by atoms with Gasteiger partial charge in [0, 0.05) is 19.0 Å². The first-order valence-electron chi connectivity index (χ1n) is 8.48. The van der Waals surface area contributed by atoms with Gasteiger partial charge in [-0.3, -0.25) is 9.59 Å². The lowest BCUT2D eigenvalue weighted by molar-refractivity contribution is -0.114. The zero-order chi connectivity index (χ0) is 18.8. The fraction of sp³-hybridized carbons (Fsp3) is 0.150. The van der Waals surface area contributed by atoms with Crippen molar-refractivity contribution in [2.45, 2.75) is 19.4 Å². The lowest BCUT2D eigenvalue weighted by Gasteiger charge is -2.21. The Morgan fingerprint density at radius 3 is 2.44 bits per heavy atom. The van der Waals surface area contributed by atoms with Gasteiger partial charge in [0.25, 0.3) is 0 Å². The summed E-state index contributed by atoms with van der Waals surface area (Å²) < 4.78 is 10.7. The molecule has 7 nitrogen and oxygen atoms in total. The normalized spacial score (nSPS) is 16.3. The van der Waals surface area contributed by atoms with Crippen molar-refractivity contribution < 1.29 is 18.4 Å². The Labute approximate surface area is 155 Å². The number of anilines is 1. The number of carbonyl (C=O) groups is 2. The maximum absolute atomic E-state index is 12.9. The van der Waals surface area contributed by atoms with Crippen LogP contribution in [0.5, 0.6) is 0 Å². The van der Waals surface area contributed by atoms with Crippen LogP contribution in [0.3, 0.4) is 0 Å². The van der Waals surface area contributed by atoms with Gasteiger partial charge in [0.2, 0.25) is 5.91 Å². The monoisotopic (exact) mass is 363 g/mol. The maximum atomic E-state index is 12.9. The number of carbonyl (C=O) groups excluding carboxylic acids is 2. The van der Waals surface area contributed by atoms with Crippen LogP contribution in [0, 0.1) is 0 Å². The third-order valence-electron chi connectivity index (χ3n) is 4.27. The van der Waals surface area contributed by atoms with Gasteiger partial charge in [-0.1, -0.05) is 12.1 Å². The van der Waals surface area contributed by atoms with E-state index < -0.39 is 0 Å². The molecule has 0 bridgehead atoms. The van der Waals surface area contributed by atoms with Gasteiger partial charge < -0.3 is 14.2 Å². The van der Waals surface area contributed by atoms with Crippen LogP contribution in [0.2, 0.25) is 0 Å². The molecular weight excluding hydrogens is 346 g/mol. The molecule has 7 heteroatoms. The number of nitrogens with zero attached hydrogens (tertiary/aromatic N) is 2. The molecule has 0 saturated carbocycles. The van der Waals surface area contributed by atoms with Crippen molar-refractivity contribution in [2.24, 2.45) is 5.10 Å². The van der Waals surface area contributed by atoms with Gasteiger partial charge in [-0.15, -0.1) is 0 Å². The lowest BCUT2D eigenvalue weighted by atomic mass is 10.0. The van der Waals surface area contributed by atoms with Gasteiger partial charge in [0.1, 0.15) is 11.5 Å². The number of hydrazone groups is 1. The summed E-state index contributed by atoms with van der Waals surface area (Å²) in [6, 6.07) is 13.9. The Kier molecular flexibility index (Phi) is 4.33. The molecule has 0 unspecified atom stereocenters. The number of benzene rings is 1. The summed E-state index contributed by atoms with van der Waals surface area (Å²) in [7, 11) is 0. The zero-order valence-electron chi connectivity index (χ0n) is 14.6. The number of hydrogen-bond acceptors (Lipinski definition) is 5. The van der Waals surface area contributed by atoms with E-state index in [1.807, 2.05) is 18.2 Å². The number of hydrogen-bond donors (Lipinski definition) is 1. The molecule has 0 saturated heterocycles. The van der Waals surface area contributed by atoms with E-state index in [0.29, 0.717) is 23.6 Å². The molecule has 1 aromatic carbocycles. The number of furan rings is 2. The summed E-state index contributed by atoms with van der Waals surface area (Å²) in [4.78, 5) is 24.1. The van der Waals surface area contributed by atoms with E-state index in [0.717, 1.165) is 5.56 Å². The zero-order valence-corrected chi connectivity index (χ0v) is 14.6. The largest absolute Gasteiger partial charge is 0.463 e. The average Bonchev–Trinajstić information content (AvgIpc) is 3.41. The first-order chi connectivity index (χ1) is 13.1. The number of amides is 2. The van der Waals surface area contributed by atoms with Crippen LogP contribution in [0.1, 0.15) is 41.3 Å². The first kappa shape index (κ1) is 16.8. The molecule has 1 N–H and O–H groups in total. The standard InChI is InChI=1S/C20H17N3O4/c1-13(24)21-15-8-6-14(7-9-15)17-12-16(18-4-2-10-26-18)22-23(17)20(25)19-5-3-11-27-19/h2-11,17H,12H2,1H3,(H,21,24)/t17-/m0/s1. The lowest BCUT2D eigenvalue weighted by Crippen LogP contribution is -2.26. The highest BCUT2D eigenvalue weighted by molar-refractivity contribution is 6.02. The molecule has 0 spiro atoms. The Morgan fingerprint density at radius 2 is 1.81 bits per heavy atom. The maximum Gasteiger partial charge on any atom is 0.310 e. The second kappa shape index (κ2) is 6.95. The average molecular weight is 363 g/mol. The summed E-state index contributed by atoms with van der Waals surface area (Å²) in [5.41, 5.74) is 2.28. The summed E-state index contributed by atoms with van der Waals surface area (Å²) in [5, 5.41) is 8.64. The molecule has 136 valence electrons. The molecule has 0 fully saturated rings. The highest BCUT2D eigenvalue weighted by Gasteiger charge is 2.35. The minimum Gasteiger partial charge on any atom is -0.463 e. The topological polar surface area (TPSA) is 88.0 Å². The van der Waals surface area contributed by atoms with Crippen molar-refractivity contribution in [3.05, 3.63) is 78.1 Å². The molecular formula is C20H17N3O4. The van der Waals surface area contributed by atoms with Crippen LogP contribution < -0.4 is 5.32 Å². The molecule has 0 radical (unpaired) electrons. The minimum absolute atomic E-state index is 0.137. The summed E-state index contributed by atoms with van der Waals surface area (Å²) in [5.74, 6) is 0.392. The quantitative estimate of drug-likeness (QED) is 0.763. The van der Waals surface area contributed by atoms with Gasteiger partial charge in [-0.2, -0.15) is 5.10 Å². The molecule has 3 aromatic rings. The van der Waals surface area contributed by atoms with E-state index in [1.165, 1.54) is 18.2 Å². The third kappa shape index (κ3) is 3.39. The van der Waals surface area contributed by atoms with Crippen LogP contribution in [-0.4, -0.2) is 22.5 Å². The molecule has 4 rings (SSSR count). The van der Waals surface area contributed by atoms with Gasteiger partial charge in [-0.25, -0.2) is 5.01 Å². The van der Waals surface area contributed by atoms with Crippen LogP contribution in [0.25, 0.3) is 0 Å². The van der Waals surface area contributed by atoms with E-state index in [2.05, 4.69) is 10.4 Å². The third-order valence-corrected chi connectivity index (χ3v) is 4.27. The van der Waals surface area contributed by atoms with Gasteiger partial charge in [0.05, 0.1) is 18.6 Å². The van der Waals surface area contributed by atoms with Crippen LogP contribution >= 0.6 is 0 Å². The summed E-state index contributed by atoms with van der Waals surface area (Å²) in [6.45, 7) is 1.46. The smallest absolute Gasteiger partial charge is 0.310 e. The number of nitrogens with one attached hydrogen (secondary N) is 1. The Morgan fingerprint density at radius 1 is 1.07 bits per heavy atom. The van der Waals surface area contributed by atoms with Crippen molar-refractivity contribution in [3.8, 4) is 0 Å². The summed E-state index contributed by atoms with van der Waals surface area (Å²) >= 11 is 0. The van der Waals surface area contributed by atoms with E-state index in [4.69, 9.17) is 8.83 Å². The van der Waals surface area contributed by atoms with E-state index in [9.17, 15) is 9.59 Å². The molecule has 3 heterocycles. The molecule has 1 aliphatic heterocycles. The highest BCUT2D eigenvalue weighted by Crippen LogP contribution is 2.34. The molecule has 1 atom stereocenters. The molecule has 2 aromatic heterocycles. The SMILES string of the molecule is CC(=O)Nc1ccc([C@@H]2CC(c3ccco3)=NN2C(=O)c2ccco2)cc1. The van der Waals surface area contributed by atoms with Crippen LogP contribution in [0.4, 0.5) is 5.69 Å². The Balaban J connectivity index is 1.65. The van der Waals surface area contributed by atoms with Crippen molar-refractivity contribution in [1.29, 1.82) is 0 Å². The molecule has 1 aliphatic rings. The predicted octanol–water partition coefficient (Wildman–Crippen LogP) is 3.82. The number of rotatable bonds is 4. The van der Waals surface area contributed by atoms with E-state index in [-0.39, 0.29) is 23.6 Å².